The second kappa shape index (κ2) is 6.30. The van der Waals surface area contributed by atoms with Gasteiger partial charge in [0.2, 0.25) is 10.0 Å². The van der Waals surface area contributed by atoms with Crippen LogP contribution in [0.25, 0.3) is 0 Å². The summed E-state index contributed by atoms with van der Waals surface area (Å²) >= 11 is 1.45. The number of sulfonamides is 1. The molecule has 0 heterocycles. The molecule has 0 aromatic heterocycles. The van der Waals surface area contributed by atoms with Crippen molar-refractivity contribution >= 4 is 27.8 Å². The minimum atomic E-state index is -3.67. The average Bonchev–Trinajstić information content (AvgIpc) is 2.40. The lowest BCUT2D eigenvalue weighted by atomic mass is 10.2. The molecule has 5 nitrogen and oxygen atoms in total. The Morgan fingerprint density at radius 1 is 1.00 bits per heavy atom. The molecular weight excluding hydrogens is 310 g/mol. The van der Waals surface area contributed by atoms with Crippen LogP contribution in [0.15, 0.2) is 63.2 Å². The third-order valence-electron chi connectivity index (χ3n) is 2.67. The molecule has 0 saturated heterocycles. The van der Waals surface area contributed by atoms with Crippen molar-refractivity contribution in [2.24, 2.45) is 5.14 Å². The summed E-state index contributed by atoms with van der Waals surface area (Å²) in [4.78, 5) is 12.5. The van der Waals surface area contributed by atoms with Crippen LogP contribution in [-0.4, -0.2) is 19.5 Å². The molecule has 21 heavy (non-hydrogen) atoms. The maximum Gasteiger partial charge on any atom is 0.307 e. The monoisotopic (exact) mass is 323 g/mol. The third kappa shape index (κ3) is 4.59. The number of hydrogen-bond donors (Lipinski definition) is 2. The Balaban J connectivity index is 2.09. The Labute approximate surface area is 126 Å². The first kappa shape index (κ1) is 15.6. The summed E-state index contributed by atoms with van der Waals surface area (Å²) in [6, 6.07) is 13.4. The molecule has 0 aliphatic rings. The molecular formula is C14H13NO4S2. The summed E-state index contributed by atoms with van der Waals surface area (Å²) in [5, 5.41) is 13.7. The Hall–Kier alpha value is -1.83. The van der Waals surface area contributed by atoms with E-state index in [0.29, 0.717) is 0 Å². The summed E-state index contributed by atoms with van der Waals surface area (Å²) in [5.41, 5.74) is 0.733. The molecule has 0 radical (unpaired) electrons. The van der Waals surface area contributed by atoms with E-state index in [2.05, 4.69) is 0 Å². The number of nitrogens with two attached hydrogens (primary N) is 1. The van der Waals surface area contributed by atoms with Gasteiger partial charge in [-0.2, -0.15) is 0 Å². The van der Waals surface area contributed by atoms with E-state index in [4.69, 9.17) is 10.2 Å². The lowest BCUT2D eigenvalue weighted by Gasteiger charge is -2.04. The summed E-state index contributed by atoms with van der Waals surface area (Å²) in [6.45, 7) is 0. The van der Waals surface area contributed by atoms with Gasteiger partial charge in [-0.3, -0.25) is 4.79 Å². The summed E-state index contributed by atoms with van der Waals surface area (Å²) in [5.74, 6) is -0.867. The predicted molar refractivity (Wildman–Crippen MR) is 79.7 cm³/mol. The maximum atomic E-state index is 11.2. The van der Waals surface area contributed by atoms with E-state index >= 15 is 0 Å². The summed E-state index contributed by atoms with van der Waals surface area (Å²) in [6.07, 6.45) is -0.00595. The highest BCUT2D eigenvalue weighted by Crippen LogP contribution is 2.28. The smallest absolute Gasteiger partial charge is 0.307 e. The number of carbonyl (C=O) groups is 1. The molecule has 7 heteroatoms. The van der Waals surface area contributed by atoms with Crippen molar-refractivity contribution < 1.29 is 18.3 Å². The van der Waals surface area contributed by atoms with Crippen LogP contribution >= 0.6 is 11.8 Å². The Morgan fingerprint density at radius 3 is 1.90 bits per heavy atom. The van der Waals surface area contributed by atoms with Gasteiger partial charge in [-0.15, -0.1) is 0 Å². The quantitative estimate of drug-likeness (QED) is 0.878. The predicted octanol–water partition coefficient (Wildman–Crippen LogP) is 2.11. The molecule has 2 aromatic rings. The summed E-state index contributed by atoms with van der Waals surface area (Å²) in [7, 11) is -3.67. The number of hydrogen-bond acceptors (Lipinski definition) is 4. The lowest BCUT2D eigenvalue weighted by molar-refractivity contribution is -0.136. The first-order valence-electron chi connectivity index (χ1n) is 5.96. The maximum absolute atomic E-state index is 11.2. The van der Waals surface area contributed by atoms with Gasteiger partial charge in [0.05, 0.1) is 11.3 Å². The van der Waals surface area contributed by atoms with Gasteiger partial charge in [0.25, 0.3) is 0 Å². The SMILES string of the molecule is NS(=O)(=O)c1ccc(Sc2ccc(CC(=O)O)cc2)cc1. The molecule has 110 valence electrons. The lowest BCUT2D eigenvalue weighted by Crippen LogP contribution is -2.11. The fraction of sp³-hybridized carbons (Fsp3) is 0.0714. The van der Waals surface area contributed by atoms with Crippen LogP contribution in [-0.2, 0) is 21.2 Å². The topological polar surface area (TPSA) is 97.5 Å². The van der Waals surface area contributed by atoms with Crippen LogP contribution in [0.3, 0.4) is 0 Å². The third-order valence-corrected chi connectivity index (χ3v) is 4.61. The van der Waals surface area contributed by atoms with Crippen LogP contribution in [0.4, 0.5) is 0 Å². The van der Waals surface area contributed by atoms with E-state index in [1.165, 1.54) is 23.9 Å². The normalized spacial score (nSPS) is 11.3. The van der Waals surface area contributed by atoms with Crippen molar-refractivity contribution in [3.63, 3.8) is 0 Å². The van der Waals surface area contributed by atoms with Crippen molar-refractivity contribution in [1.82, 2.24) is 0 Å². The summed E-state index contributed by atoms with van der Waals surface area (Å²) < 4.78 is 22.3. The molecule has 0 amide bonds. The van der Waals surface area contributed by atoms with Crippen LogP contribution in [0.1, 0.15) is 5.56 Å². The van der Waals surface area contributed by atoms with Gasteiger partial charge in [0.15, 0.2) is 0 Å². The Morgan fingerprint density at radius 2 is 1.48 bits per heavy atom. The highest BCUT2D eigenvalue weighted by Gasteiger charge is 2.07. The van der Waals surface area contributed by atoms with Crippen molar-refractivity contribution in [2.75, 3.05) is 0 Å². The van der Waals surface area contributed by atoms with Gasteiger partial charge < -0.3 is 5.11 Å². The fourth-order valence-electron chi connectivity index (χ4n) is 1.68. The fourth-order valence-corrected chi connectivity index (χ4v) is 3.02. The van der Waals surface area contributed by atoms with Crippen LogP contribution in [0, 0.1) is 0 Å². The van der Waals surface area contributed by atoms with Crippen molar-refractivity contribution in [1.29, 1.82) is 0 Å². The number of benzene rings is 2. The van der Waals surface area contributed by atoms with Gasteiger partial charge in [-0.05, 0) is 42.0 Å². The van der Waals surface area contributed by atoms with Crippen molar-refractivity contribution in [2.45, 2.75) is 21.1 Å². The number of carboxylic acids is 1. The van der Waals surface area contributed by atoms with Gasteiger partial charge in [0, 0.05) is 9.79 Å². The van der Waals surface area contributed by atoms with Gasteiger partial charge in [0.1, 0.15) is 0 Å². The molecule has 2 aromatic carbocycles. The molecule has 0 atom stereocenters. The van der Waals surface area contributed by atoms with Crippen LogP contribution < -0.4 is 5.14 Å². The molecule has 0 saturated carbocycles. The second-order valence-electron chi connectivity index (χ2n) is 4.33. The van der Waals surface area contributed by atoms with E-state index in [1.807, 2.05) is 12.1 Å². The first-order chi connectivity index (χ1) is 9.84. The van der Waals surface area contributed by atoms with E-state index in [9.17, 15) is 13.2 Å². The van der Waals surface area contributed by atoms with E-state index in [1.54, 1.807) is 24.3 Å². The van der Waals surface area contributed by atoms with E-state index in [-0.39, 0.29) is 11.3 Å². The Kier molecular flexibility index (Phi) is 4.66. The average molecular weight is 323 g/mol. The Bertz CT molecular complexity index is 738. The van der Waals surface area contributed by atoms with Crippen LogP contribution in [0.2, 0.25) is 0 Å². The zero-order valence-corrected chi connectivity index (χ0v) is 12.5. The number of primary sulfonamides is 1. The van der Waals surface area contributed by atoms with Gasteiger partial charge in [-0.25, -0.2) is 13.6 Å². The van der Waals surface area contributed by atoms with Crippen LogP contribution in [0.5, 0.6) is 0 Å². The standard InChI is InChI=1S/C14H13NO4S2/c15-21(18,19)13-7-5-12(6-8-13)20-11-3-1-10(2-4-11)9-14(16)17/h1-8H,9H2,(H,16,17)(H2,15,18,19). The van der Waals surface area contributed by atoms with E-state index < -0.39 is 16.0 Å². The number of rotatable bonds is 5. The molecule has 3 N–H and O–H groups in total. The minimum Gasteiger partial charge on any atom is -0.481 e. The highest BCUT2D eigenvalue weighted by atomic mass is 32.2. The number of aliphatic carboxylic acids is 1. The van der Waals surface area contributed by atoms with Gasteiger partial charge >= 0.3 is 5.97 Å². The molecule has 0 unspecified atom stereocenters. The van der Waals surface area contributed by atoms with Crippen molar-refractivity contribution in [3.8, 4) is 0 Å². The zero-order valence-electron chi connectivity index (χ0n) is 10.9. The minimum absolute atomic E-state index is 0.00595. The van der Waals surface area contributed by atoms with Crippen molar-refractivity contribution in [3.05, 3.63) is 54.1 Å². The number of carboxylic acid groups (broad SMARTS) is 1. The molecule has 2 rings (SSSR count). The second-order valence-corrected chi connectivity index (χ2v) is 7.04. The molecule has 0 spiro atoms. The molecule has 0 aliphatic heterocycles. The molecule has 0 fully saturated rings. The zero-order chi connectivity index (χ0) is 15.5. The van der Waals surface area contributed by atoms with Gasteiger partial charge in [-0.1, -0.05) is 23.9 Å². The van der Waals surface area contributed by atoms with E-state index in [0.717, 1.165) is 15.4 Å². The highest BCUT2D eigenvalue weighted by molar-refractivity contribution is 7.99. The molecule has 0 bridgehead atoms. The first-order valence-corrected chi connectivity index (χ1v) is 8.32. The molecule has 0 aliphatic carbocycles. The largest absolute Gasteiger partial charge is 0.481 e.